The molecule has 1 saturated carbocycles. The molecule has 4 atom stereocenters. The van der Waals surface area contributed by atoms with Gasteiger partial charge in [0.25, 0.3) is 0 Å². The molecule has 5 aliphatic carbocycles. The minimum absolute atomic E-state index is 0.244. The van der Waals surface area contributed by atoms with Crippen molar-refractivity contribution in [3.63, 3.8) is 0 Å². The second-order valence-corrected chi connectivity index (χ2v) is 15.0. The third-order valence-electron chi connectivity index (χ3n) is 12.4. The number of allylic oxidation sites excluding steroid dienone is 11. The minimum atomic E-state index is 0.244. The lowest BCUT2D eigenvalue weighted by atomic mass is 9.79. The molecule has 1 aliphatic heterocycles. The van der Waals surface area contributed by atoms with Gasteiger partial charge in [-0.05, 0) is 113 Å². The molecule has 1 fully saturated rings. The Morgan fingerprint density at radius 2 is 1.63 bits per heavy atom. The first-order chi connectivity index (χ1) is 24.3. The van der Waals surface area contributed by atoms with Crippen LogP contribution in [0.2, 0.25) is 0 Å². The minimum Gasteiger partial charge on any atom is -0.333 e. The van der Waals surface area contributed by atoms with Gasteiger partial charge < -0.3 is 4.90 Å². The fourth-order valence-electron chi connectivity index (χ4n) is 10.1. The number of nitrogens with zero attached hydrogens (tertiary/aromatic N) is 1. The summed E-state index contributed by atoms with van der Waals surface area (Å²) in [5.74, 6) is 1.33. The van der Waals surface area contributed by atoms with Crippen LogP contribution in [-0.4, -0.2) is 6.04 Å². The van der Waals surface area contributed by atoms with Gasteiger partial charge in [0, 0.05) is 39.8 Å². The summed E-state index contributed by atoms with van der Waals surface area (Å²) >= 11 is 0. The van der Waals surface area contributed by atoms with Crippen LogP contribution in [0.4, 0.5) is 11.4 Å². The van der Waals surface area contributed by atoms with E-state index in [9.17, 15) is 0 Å². The van der Waals surface area contributed by atoms with Crippen LogP contribution in [0.1, 0.15) is 73.5 Å². The fourth-order valence-corrected chi connectivity index (χ4v) is 10.1. The van der Waals surface area contributed by atoms with Crippen LogP contribution in [0.5, 0.6) is 0 Å². The third kappa shape index (κ3) is 4.12. The average Bonchev–Trinajstić information content (AvgIpc) is 3.52. The zero-order valence-corrected chi connectivity index (χ0v) is 27.8. The van der Waals surface area contributed by atoms with Crippen LogP contribution in [0, 0.1) is 5.92 Å². The Labute approximate surface area is 288 Å². The number of rotatable bonds is 3. The molecular formula is C48H39N. The van der Waals surface area contributed by atoms with E-state index in [2.05, 4.69) is 138 Å². The van der Waals surface area contributed by atoms with Gasteiger partial charge in [-0.3, -0.25) is 0 Å². The van der Waals surface area contributed by atoms with Crippen molar-refractivity contribution in [3.8, 4) is 0 Å². The van der Waals surface area contributed by atoms with Gasteiger partial charge in [-0.15, -0.1) is 5.73 Å². The van der Waals surface area contributed by atoms with E-state index in [0.717, 1.165) is 6.42 Å². The first-order valence-electron chi connectivity index (χ1n) is 18.5. The maximum atomic E-state index is 3.78. The molecule has 11 rings (SSSR count). The van der Waals surface area contributed by atoms with E-state index in [-0.39, 0.29) is 6.04 Å². The Bertz CT molecular complexity index is 2470. The monoisotopic (exact) mass is 629 g/mol. The Balaban J connectivity index is 1.10. The van der Waals surface area contributed by atoms with Crippen molar-refractivity contribution in [3.05, 3.63) is 167 Å². The summed E-state index contributed by atoms with van der Waals surface area (Å²) in [5, 5.41) is 8.25. The fraction of sp³-hybridized carbons (Fsp3) is 0.229. The van der Waals surface area contributed by atoms with Gasteiger partial charge >= 0.3 is 0 Å². The summed E-state index contributed by atoms with van der Waals surface area (Å²) in [7, 11) is 0. The largest absolute Gasteiger partial charge is 0.333 e. The zero-order valence-electron chi connectivity index (χ0n) is 27.8. The molecule has 0 amide bonds. The summed E-state index contributed by atoms with van der Waals surface area (Å²) in [6.07, 6.45) is 32.3. The third-order valence-corrected chi connectivity index (χ3v) is 12.4. The van der Waals surface area contributed by atoms with Crippen LogP contribution in [0.25, 0.3) is 37.9 Å². The molecule has 6 aliphatic rings. The van der Waals surface area contributed by atoms with Gasteiger partial charge in [0.2, 0.25) is 0 Å². The molecular weight excluding hydrogens is 591 g/mol. The molecule has 0 aromatic heterocycles. The smallest absolute Gasteiger partial charge is 0.0630 e. The van der Waals surface area contributed by atoms with E-state index in [1.165, 1.54) is 110 Å². The molecule has 1 heterocycles. The molecule has 0 bridgehead atoms. The number of hydrogen-bond donors (Lipinski definition) is 0. The number of hydrogen-bond acceptors (Lipinski definition) is 1. The van der Waals surface area contributed by atoms with E-state index in [1.54, 1.807) is 11.1 Å². The molecule has 0 N–H and O–H groups in total. The lowest BCUT2D eigenvalue weighted by Crippen LogP contribution is -2.28. The molecule has 4 unspecified atom stereocenters. The van der Waals surface area contributed by atoms with E-state index >= 15 is 0 Å². The van der Waals surface area contributed by atoms with Crippen molar-refractivity contribution in [2.75, 3.05) is 4.90 Å². The Morgan fingerprint density at radius 3 is 2.59 bits per heavy atom. The highest BCUT2D eigenvalue weighted by Crippen LogP contribution is 2.56. The van der Waals surface area contributed by atoms with E-state index in [0.29, 0.717) is 17.8 Å². The molecule has 236 valence electrons. The van der Waals surface area contributed by atoms with Crippen LogP contribution < -0.4 is 4.90 Å². The first kappa shape index (κ1) is 27.8. The highest BCUT2D eigenvalue weighted by atomic mass is 15.2. The number of benzene rings is 5. The predicted octanol–water partition coefficient (Wildman–Crippen LogP) is 12.7. The van der Waals surface area contributed by atoms with Gasteiger partial charge in [-0.1, -0.05) is 115 Å². The quantitative estimate of drug-likeness (QED) is 0.142. The molecule has 1 heteroatoms. The molecule has 49 heavy (non-hydrogen) atoms. The van der Waals surface area contributed by atoms with Crippen molar-refractivity contribution >= 4 is 49.3 Å². The summed E-state index contributed by atoms with van der Waals surface area (Å²) in [6.45, 7) is 0. The molecule has 0 radical (unpaired) electrons. The van der Waals surface area contributed by atoms with Crippen molar-refractivity contribution < 1.29 is 0 Å². The summed E-state index contributed by atoms with van der Waals surface area (Å²) in [5.41, 5.74) is 16.5. The van der Waals surface area contributed by atoms with Crippen molar-refractivity contribution in [1.82, 2.24) is 0 Å². The lowest BCUT2D eigenvalue weighted by molar-refractivity contribution is 0.518. The molecule has 1 nitrogen and oxygen atoms in total. The second kappa shape index (κ2) is 10.7. The molecule has 0 saturated heterocycles. The SMILES string of the molecule is C1=CC2CCCCC2=CC=1c1cc2cccc3c4c(c5cccc1c5c23)N(c1ccc(C2C=CC3=C(CCC=C3)C2)cc1)C1C=CC=CC41. The van der Waals surface area contributed by atoms with Crippen LogP contribution >= 0.6 is 0 Å². The van der Waals surface area contributed by atoms with E-state index in [1.807, 2.05) is 0 Å². The topological polar surface area (TPSA) is 3.24 Å². The normalized spacial score (nSPS) is 25.2. The van der Waals surface area contributed by atoms with E-state index < -0.39 is 0 Å². The summed E-state index contributed by atoms with van der Waals surface area (Å²) in [4.78, 5) is 2.66. The van der Waals surface area contributed by atoms with E-state index in [4.69, 9.17) is 0 Å². The highest BCUT2D eigenvalue weighted by Gasteiger charge is 2.41. The molecule has 5 aromatic carbocycles. The van der Waals surface area contributed by atoms with Gasteiger partial charge in [-0.2, -0.15) is 0 Å². The lowest BCUT2D eigenvalue weighted by Gasteiger charge is -2.30. The Morgan fingerprint density at radius 1 is 0.755 bits per heavy atom. The predicted molar refractivity (Wildman–Crippen MR) is 207 cm³/mol. The zero-order chi connectivity index (χ0) is 32.1. The number of fused-ring (bicyclic) bond motifs is 6. The highest BCUT2D eigenvalue weighted by molar-refractivity contribution is 6.30. The second-order valence-electron chi connectivity index (χ2n) is 15.0. The Kier molecular flexibility index (Phi) is 6.07. The van der Waals surface area contributed by atoms with Gasteiger partial charge in [0.05, 0.1) is 11.7 Å². The maximum absolute atomic E-state index is 3.78. The van der Waals surface area contributed by atoms with Gasteiger partial charge in [-0.25, -0.2) is 0 Å². The van der Waals surface area contributed by atoms with Crippen molar-refractivity contribution in [2.24, 2.45) is 5.92 Å². The van der Waals surface area contributed by atoms with Crippen LogP contribution in [0.15, 0.2) is 150 Å². The summed E-state index contributed by atoms with van der Waals surface area (Å²) in [6, 6.07) is 26.3. The first-order valence-corrected chi connectivity index (χ1v) is 18.5. The van der Waals surface area contributed by atoms with Crippen LogP contribution in [0.3, 0.4) is 0 Å². The maximum Gasteiger partial charge on any atom is 0.0630 e. The van der Waals surface area contributed by atoms with Gasteiger partial charge in [0.15, 0.2) is 0 Å². The average molecular weight is 630 g/mol. The van der Waals surface area contributed by atoms with Crippen molar-refractivity contribution in [1.29, 1.82) is 0 Å². The Hall–Kier alpha value is -5.10. The standard InChI is InChI=1S/C48H39N/c1-3-11-33-27-35(21-19-30(33)9-1)32-23-25-38(26-24-32)49-44-18-6-5-14-40(44)47-41-16-7-13-37-29-43(36-22-20-31-10-2-4-12-34(31)28-36)39-15-8-17-42(48(47)49)46(39)45(37)41/h1,5-9,13-21,23-26,28-29,31,35,40,44H,2-4,10-12,27H2. The molecule has 0 spiro atoms. The van der Waals surface area contributed by atoms with Crippen LogP contribution in [-0.2, 0) is 0 Å². The molecule has 5 aromatic rings. The summed E-state index contributed by atoms with van der Waals surface area (Å²) < 4.78 is 0. The van der Waals surface area contributed by atoms with Gasteiger partial charge in [0.1, 0.15) is 0 Å². The van der Waals surface area contributed by atoms with Crippen molar-refractivity contribution in [2.45, 2.75) is 62.8 Å². The number of anilines is 2.